The van der Waals surface area contributed by atoms with Gasteiger partial charge in [-0.2, -0.15) is 10.4 Å². The third kappa shape index (κ3) is 3.47. The summed E-state index contributed by atoms with van der Waals surface area (Å²) in [5.41, 5.74) is 10.0. The molecule has 2 aromatic carbocycles. The predicted octanol–water partition coefficient (Wildman–Crippen LogP) is 3.97. The van der Waals surface area contributed by atoms with Gasteiger partial charge in [-0.3, -0.25) is 5.73 Å². The van der Waals surface area contributed by atoms with Gasteiger partial charge in [0, 0.05) is 10.0 Å². The van der Waals surface area contributed by atoms with Crippen LogP contribution in [-0.2, 0) is 0 Å². The zero-order chi connectivity index (χ0) is 23.0. The Morgan fingerprint density at radius 1 is 1.09 bits per heavy atom. The quantitative estimate of drug-likeness (QED) is 0.569. The van der Waals surface area contributed by atoms with Crippen LogP contribution in [0, 0.1) is 18.3 Å². The maximum absolute atomic E-state index is 9.93. The van der Waals surface area contributed by atoms with E-state index in [0.29, 0.717) is 45.5 Å². The third-order valence-electron chi connectivity index (χ3n) is 5.21. The highest BCUT2D eigenvalue weighted by molar-refractivity contribution is 9.10. The summed E-state index contributed by atoms with van der Waals surface area (Å²) in [6, 6.07) is 13.4. The van der Waals surface area contributed by atoms with Crippen LogP contribution >= 0.6 is 15.9 Å². The molecule has 0 fully saturated rings. The van der Waals surface area contributed by atoms with Gasteiger partial charge in [0.1, 0.15) is 6.07 Å². The molecule has 164 valence electrons. The van der Waals surface area contributed by atoms with Gasteiger partial charge in [0.25, 0.3) is 0 Å². The molecule has 0 radical (unpaired) electrons. The molecule has 0 spiro atoms. The molecule has 0 saturated heterocycles. The Kier molecular flexibility index (Phi) is 5.82. The number of benzene rings is 2. The summed E-state index contributed by atoms with van der Waals surface area (Å²) in [4.78, 5) is 0. The van der Waals surface area contributed by atoms with Crippen LogP contribution in [0.15, 0.2) is 46.4 Å². The maximum Gasteiger partial charge on any atom is 0.226 e. The third-order valence-corrected chi connectivity index (χ3v) is 5.73. The molecule has 0 aliphatic carbocycles. The van der Waals surface area contributed by atoms with Crippen molar-refractivity contribution in [1.29, 1.82) is 5.26 Å². The van der Waals surface area contributed by atoms with Crippen molar-refractivity contribution in [3.05, 3.63) is 63.3 Å². The largest absolute Gasteiger partial charge is 0.493 e. The van der Waals surface area contributed by atoms with Crippen LogP contribution in [0.5, 0.6) is 23.1 Å². The molecule has 1 aromatic heterocycles. The van der Waals surface area contributed by atoms with Crippen molar-refractivity contribution in [3.63, 3.8) is 0 Å². The Morgan fingerprint density at radius 3 is 2.25 bits per heavy atom. The zero-order valence-electron chi connectivity index (χ0n) is 18.0. The van der Waals surface area contributed by atoms with Gasteiger partial charge in [-0.25, -0.2) is 4.68 Å². The number of methoxy groups -OCH3 is 3. The molecule has 2 N–H and O–H groups in total. The summed E-state index contributed by atoms with van der Waals surface area (Å²) in [7, 11) is 4.62. The van der Waals surface area contributed by atoms with E-state index >= 15 is 0 Å². The Morgan fingerprint density at radius 2 is 1.72 bits per heavy atom. The summed E-state index contributed by atoms with van der Waals surface area (Å²) < 4.78 is 25.1. The molecule has 2 heterocycles. The van der Waals surface area contributed by atoms with E-state index in [-0.39, 0.29) is 5.57 Å². The van der Waals surface area contributed by atoms with Gasteiger partial charge >= 0.3 is 0 Å². The summed E-state index contributed by atoms with van der Waals surface area (Å²) >= 11 is 3.45. The number of nitrogens with zero attached hydrogens (tertiary/aromatic N) is 3. The van der Waals surface area contributed by atoms with Crippen molar-refractivity contribution in [1.82, 2.24) is 9.78 Å². The van der Waals surface area contributed by atoms with Gasteiger partial charge in [0.15, 0.2) is 17.7 Å². The number of halogens is 1. The van der Waals surface area contributed by atoms with Crippen molar-refractivity contribution in [2.24, 2.45) is 5.73 Å². The first-order chi connectivity index (χ1) is 15.4. The molecule has 1 aliphatic heterocycles. The molecular weight excluding hydrogens is 476 g/mol. The Balaban J connectivity index is 2.00. The van der Waals surface area contributed by atoms with E-state index in [1.807, 2.05) is 31.2 Å². The van der Waals surface area contributed by atoms with E-state index in [4.69, 9.17) is 24.7 Å². The van der Waals surface area contributed by atoms with Crippen molar-refractivity contribution >= 4 is 21.5 Å². The monoisotopic (exact) mass is 496 g/mol. The van der Waals surface area contributed by atoms with Gasteiger partial charge in [0.2, 0.25) is 11.6 Å². The van der Waals surface area contributed by atoms with Gasteiger partial charge in [0.05, 0.1) is 43.8 Å². The number of nitriles is 1. The molecule has 3 aromatic rings. The normalized spacial score (nSPS) is 15.0. The van der Waals surface area contributed by atoms with E-state index in [1.54, 1.807) is 31.0 Å². The first kappa shape index (κ1) is 21.7. The van der Waals surface area contributed by atoms with E-state index in [2.05, 4.69) is 27.1 Å². The molecule has 1 atom stereocenters. The van der Waals surface area contributed by atoms with E-state index in [0.717, 1.165) is 10.2 Å². The molecule has 0 bridgehead atoms. The molecule has 0 amide bonds. The second-order valence-electron chi connectivity index (χ2n) is 7.01. The predicted molar refractivity (Wildman–Crippen MR) is 122 cm³/mol. The molecule has 0 saturated carbocycles. The van der Waals surface area contributed by atoms with Gasteiger partial charge in [-0.15, -0.1) is 0 Å². The SMILES string of the molecule is COc1cc(C2=C(C#N)C(N)Oc3c2c(C)nn3-c2ccc(Br)cc2)cc(OC)c1OC. The number of ether oxygens (including phenoxy) is 4. The second-order valence-corrected chi connectivity index (χ2v) is 7.92. The van der Waals surface area contributed by atoms with Crippen molar-refractivity contribution in [2.45, 2.75) is 13.2 Å². The number of fused-ring (bicyclic) bond motifs is 1. The standard InChI is InChI=1S/C23H21BrN4O4/c1-12-19-20(13-9-17(29-2)21(31-4)18(10-13)30-3)16(11-25)22(26)32-23(19)28(27-12)15-7-5-14(24)6-8-15/h5-10,22H,26H2,1-4H3. The lowest BCUT2D eigenvalue weighted by molar-refractivity contribution is 0.228. The van der Waals surface area contributed by atoms with E-state index in [9.17, 15) is 5.26 Å². The molecule has 1 aliphatic rings. The van der Waals surface area contributed by atoms with Crippen LogP contribution in [-0.4, -0.2) is 37.3 Å². The minimum absolute atomic E-state index is 0.283. The summed E-state index contributed by atoms with van der Waals surface area (Å²) in [5.74, 6) is 1.84. The minimum Gasteiger partial charge on any atom is -0.493 e. The van der Waals surface area contributed by atoms with Gasteiger partial charge in [-0.1, -0.05) is 15.9 Å². The highest BCUT2D eigenvalue weighted by Crippen LogP contribution is 2.46. The van der Waals surface area contributed by atoms with E-state index in [1.165, 1.54) is 7.11 Å². The molecule has 4 rings (SSSR count). The number of hydrogen-bond donors (Lipinski definition) is 1. The smallest absolute Gasteiger partial charge is 0.226 e. The lowest BCUT2D eigenvalue weighted by atomic mass is 9.90. The van der Waals surface area contributed by atoms with Crippen LogP contribution in [0.3, 0.4) is 0 Å². The molecule has 8 nitrogen and oxygen atoms in total. The van der Waals surface area contributed by atoms with E-state index < -0.39 is 6.23 Å². The molecular formula is C23H21BrN4O4. The lowest BCUT2D eigenvalue weighted by Crippen LogP contribution is -2.33. The summed E-state index contributed by atoms with van der Waals surface area (Å²) in [5, 5.41) is 14.6. The maximum atomic E-state index is 9.93. The second kappa shape index (κ2) is 8.57. The van der Waals surface area contributed by atoms with Gasteiger partial charge in [-0.05, 0) is 48.9 Å². The fraction of sp³-hybridized carbons (Fsp3) is 0.217. The molecule has 32 heavy (non-hydrogen) atoms. The fourth-order valence-electron chi connectivity index (χ4n) is 3.76. The van der Waals surface area contributed by atoms with Crippen molar-refractivity contribution in [2.75, 3.05) is 21.3 Å². The Hall–Kier alpha value is -3.48. The molecule has 1 unspecified atom stereocenters. The number of hydrogen-bond acceptors (Lipinski definition) is 7. The highest BCUT2D eigenvalue weighted by atomic mass is 79.9. The minimum atomic E-state index is -0.966. The summed E-state index contributed by atoms with van der Waals surface area (Å²) in [6.45, 7) is 1.86. The summed E-state index contributed by atoms with van der Waals surface area (Å²) in [6.07, 6.45) is -0.966. The highest BCUT2D eigenvalue weighted by Gasteiger charge is 2.34. The van der Waals surface area contributed by atoms with Crippen LogP contribution in [0.2, 0.25) is 0 Å². The van der Waals surface area contributed by atoms with Crippen LogP contribution in [0.4, 0.5) is 0 Å². The number of aromatic nitrogens is 2. The lowest BCUT2D eigenvalue weighted by Gasteiger charge is -2.25. The van der Waals surface area contributed by atoms with Gasteiger partial charge < -0.3 is 18.9 Å². The van der Waals surface area contributed by atoms with Crippen molar-refractivity contribution < 1.29 is 18.9 Å². The number of rotatable bonds is 5. The average Bonchev–Trinajstić information content (AvgIpc) is 3.13. The Labute approximate surface area is 193 Å². The molecule has 9 heteroatoms. The van der Waals surface area contributed by atoms with Crippen LogP contribution in [0.25, 0.3) is 11.3 Å². The van der Waals surface area contributed by atoms with Crippen molar-refractivity contribution in [3.8, 4) is 34.9 Å². The average molecular weight is 497 g/mol. The number of aryl methyl sites for hydroxylation is 1. The van der Waals surface area contributed by atoms with Crippen LogP contribution in [0.1, 0.15) is 16.8 Å². The Bertz CT molecular complexity index is 1230. The fourth-order valence-corrected chi connectivity index (χ4v) is 4.03. The topological polar surface area (TPSA) is 105 Å². The first-order valence-corrected chi connectivity index (χ1v) is 10.5. The zero-order valence-corrected chi connectivity index (χ0v) is 19.6. The number of nitrogens with two attached hydrogens (primary N) is 1. The first-order valence-electron chi connectivity index (χ1n) is 9.66. The van der Waals surface area contributed by atoms with Crippen LogP contribution < -0.4 is 24.7 Å².